The number of nitrogens with zero attached hydrogens (tertiary/aromatic N) is 1. The van der Waals surface area contributed by atoms with Gasteiger partial charge in [-0.3, -0.25) is 4.90 Å². The molecule has 3 rings (SSSR count). The van der Waals surface area contributed by atoms with E-state index in [2.05, 4.69) is 27.7 Å². The second-order valence-corrected chi connectivity index (χ2v) is 6.63. The van der Waals surface area contributed by atoms with Crippen LogP contribution in [-0.4, -0.2) is 52.4 Å². The van der Waals surface area contributed by atoms with Gasteiger partial charge in [0.25, 0.3) is 0 Å². The molecule has 1 aromatic heterocycles. The molecule has 2 aromatic rings. The summed E-state index contributed by atoms with van der Waals surface area (Å²) in [5.41, 5.74) is 1.06. The number of methoxy groups -OCH3 is 3. The summed E-state index contributed by atoms with van der Waals surface area (Å²) in [6, 6.07) is 8.25. The van der Waals surface area contributed by atoms with Crippen LogP contribution in [0.5, 0.6) is 17.2 Å². The molecule has 1 aromatic carbocycles. The lowest BCUT2D eigenvalue weighted by Gasteiger charge is -2.36. The molecule has 0 amide bonds. The SMILES string of the molecule is COc1cc(OC)c([C@@H](c2cccs2)N2CCNCC2)c(OC)c1.Cl.Cl. The van der Waals surface area contributed by atoms with Crippen LogP contribution in [0.4, 0.5) is 0 Å². The van der Waals surface area contributed by atoms with Crippen molar-refractivity contribution in [3.8, 4) is 17.2 Å². The molecule has 26 heavy (non-hydrogen) atoms. The van der Waals surface area contributed by atoms with Crippen LogP contribution in [0, 0.1) is 0 Å². The molecule has 0 aliphatic carbocycles. The fourth-order valence-electron chi connectivity index (χ4n) is 3.19. The molecule has 0 unspecified atom stereocenters. The molecule has 1 aliphatic rings. The third kappa shape index (κ3) is 4.75. The zero-order valence-corrected chi connectivity index (χ0v) is 17.6. The summed E-state index contributed by atoms with van der Waals surface area (Å²) in [4.78, 5) is 3.77. The van der Waals surface area contributed by atoms with Crippen molar-refractivity contribution in [1.29, 1.82) is 0 Å². The highest BCUT2D eigenvalue weighted by Crippen LogP contribution is 2.44. The van der Waals surface area contributed by atoms with Gasteiger partial charge in [0.1, 0.15) is 17.2 Å². The smallest absolute Gasteiger partial charge is 0.131 e. The molecular formula is C18H26Cl2N2O3S. The molecule has 0 bridgehead atoms. The lowest BCUT2D eigenvalue weighted by atomic mass is 9.99. The summed E-state index contributed by atoms with van der Waals surface area (Å²) in [5, 5.41) is 5.54. The largest absolute Gasteiger partial charge is 0.496 e. The van der Waals surface area contributed by atoms with Crippen molar-refractivity contribution in [3.63, 3.8) is 0 Å². The third-order valence-electron chi connectivity index (χ3n) is 4.36. The fraction of sp³-hybridized carbons (Fsp3) is 0.444. The van der Waals surface area contributed by atoms with Gasteiger partial charge in [0.15, 0.2) is 0 Å². The molecule has 1 saturated heterocycles. The maximum atomic E-state index is 5.70. The van der Waals surface area contributed by atoms with Crippen LogP contribution in [0.1, 0.15) is 16.5 Å². The van der Waals surface area contributed by atoms with Crippen LogP contribution >= 0.6 is 36.2 Å². The Balaban J connectivity index is 0.00000169. The molecule has 0 radical (unpaired) electrons. The molecule has 1 aliphatic heterocycles. The number of thiophene rings is 1. The number of nitrogens with one attached hydrogen (secondary N) is 1. The van der Waals surface area contributed by atoms with Crippen LogP contribution < -0.4 is 19.5 Å². The van der Waals surface area contributed by atoms with E-state index in [1.165, 1.54) is 4.88 Å². The van der Waals surface area contributed by atoms with Gasteiger partial charge in [-0.25, -0.2) is 0 Å². The van der Waals surface area contributed by atoms with Gasteiger partial charge in [-0.05, 0) is 11.4 Å². The van der Waals surface area contributed by atoms with E-state index in [9.17, 15) is 0 Å². The van der Waals surface area contributed by atoms with Crippen LogP contribution in [0.25, 0.3) is 0 Å². The van der Waals surface area contributed by atoms with E-state index in [1.807, 2.05) is 12.1 Å². The maximum absolute atomic E-state index is 5.70. The molecule has 1 N–H and O–H groups in total. The highest BCUT2D eigenvalue weighted by molar-refractivity contribution is 7.10. The number of rotatable bonds is 6. The second kappa shape index (κ2) is 10.8. The van der Waals surface area contributed by atoms with E-state index in [-0.39, 0.29) is 30.9 Å². The molecule has 5 nitrogen and oxygen atoms in total. The average molecular weight is 421 g/mol. The van der Waals surface area contributed by atoms with Gasteiger partial charge in [-0.1, -0.05) is 6.07 Å². The molecule has 0 spiro atoms. The van der Waals surface area contributed by atoms with Gasteiger partial charge in [0, 0.05) is 43.2 Å². The Kier molecular flexibility index (Phi) is 9.54. The van der Waals surface area contributed by atoms with Gasteiger partial charge in [-0.2, -0.15) is 0 Å². The molecule has 0 saturated carbocycles. The summed E-state index contributed by atoms with van der Waals surface area (Å²) in [7, 11) is 5.04. The minimum absolute atomic E-state index is 0. The van der Waals surface area contributed by atoms with Crippen LogP contribution in [0.15, 0.2) is 29.6 Å². The number of benzene rings is 1. The highest BCUT2D eigenvalue weighted by Gasteiger charge is 2.30. The van der Waals surface area contributed by atoms with Crippen LogP contribution in [0.2, 0.25) is 0 Å². The van der Waals surface area contributed by atoms with Crippen LogP contribution in [-0.2, 0) is 0 Å². The fourth-order valence-corrected chi connectivity index (χ4v) is 4.06. The Morgan fingerprint density at radius 2 is 1.62 bits per heavy atom. The van der Waals surface area contributed by atoms with Crippen molar-refractivity contribution in [2.45, 2.75) is 6.04 Å². The minimum atomic E-state index is 0. The lowest BCUT2D eigenvalue weighted by molar-refractivity contribution is 0.194. The van der Waals surface area contributed by atoms with E-state index >= 15 is 0 Å². The van der Waals surface area contributed by atoms with Crippen molar-refractivity contribution < 1.29 is 14.2 Å². The number of hydrogen-bond donors (Lipinski definition) is 1. The van der Waals surface area contributed by atoms with Gasteiger partial charge in [0.05, 0.1) is 32.9 Å². The summed E-state index contributed by atoms with van der Waals surface area (Å²) in [5.74, 6) is 2.32. The first-order valence-electron chi connectivity index (χ1n) is 8.06. The Morgan fingerprint density at radius 1 is 1.00 bits per heavy atom. The van der Waals surface area contributed by atoms with Gasteiger partial charge in [-0.15, -0.1) is 36.2 Å². The Bertz CT molecular complexity index is 639. The van der Waals surface area contributed by atoms with Crippen molar-refractivity contribution in [3.05, 3.63) is 40.1 Å². The predicted octanol–water partition coefficient (Wildman–Crippen LogP) is 3.61. The van der Waals surface area contributed by atoms with E-state index in [0.29, 0.717) is 0 Å². The van der Waals surface area contributed by atoms with Gasteiger partial charge < -0.3 is 19.5 Å². The van der Waals surface area contributed by atoms with E-state index in [0.717, 1.165) is 49.0 Å². The quantitative estimate of drug-likeness (QED) is 0.772. The molecule has 1 atom stereocenters. The standard InChI is InChI=1S/C18H24N2O3S.2ClH/c1-21-13-11-14(22-2)17(15(12-13)23-3)18(16-5-4-10-24-16)20-8-6-19-7-9-20;;/h4-5,10-12,18-19H,6-9H2,1-3H3;2*1H/t18-;;/m1../s1. The highest BCUT2D eigenvalue weighted by atomic mass is 35.5. The third-order valence-corrected chi connectivity index (χ3v) is 5.28. The molecule has 8 heteroatoms. The topological polar surface area (TPSA) is 43.0 Å². The average Bonchev–Trinajstić information content (AvgIpc) is 3.17. The van der Waals surface area contributed by atoms with Crippen molar-refractivity contribution in [2.75, 3.05) is 47.5 Å². The Morgan fingerprint density at radius 3 is 2.08 bits per heavy atom. The lowest BCUT2D eigenvalue weighted by Crippen LogP contribution is -2.45. The van der Waals surface area contributed by atoms with E-state index < -0.39 is 0 Å². The van der Waals surface area contributed by atoms with Gasteiger partial charge in [0.2, 0.25) is 0 Å². The predicted molar refractivity (Wildman–Crippen MR) is 111 cm³/mol. The number of ether oxygens (including phenoxy) is 3. The monoisotopic (exact) mass is 420 g/mol. The summed E-state index contributed by atoms with van der Waals surface area (Å²) >= 11 is 1.76. The van der Waals surface area contributed by atoms with E-state index in [1.54, 1.807) is 32.7 Å². The molecule has 2 heterocycles. The zero-order chi connectivity index (χ0) is 16.9. The van der Waals surface area contributed by atoms with Crippen molar-refractivity contribution in [2.24, 2.45) is 0 Å². The first-order chi connectivity index (χ1) is 11.8. The molecule has 1 fully saturated rings. The Labute approximate surface area is 171 Å². The molecule has 146 valence electrons. The molecular weight excluding hydrogens is 395 g/mol. The van der Waals surface area contributed by atoms with Gasteiger partial charge >= 0.3 is 0 Å². The summed E-state index contributed by atoms with van der Waals surface area (Å²) in [6.07, 6.45) is 0. The van der Waals surface area contributed by atoms with Crippen molar-refractivity contribution >= 4 is 36.2 Å². The number of piperazine rings is 1. The van der Waals surface area contributed by atoms with Crippen LogP contribution in [0.3, 0.4) is 0 Å². The first-order valence-corrected chi connectivity index (χ1v) is 8.94. The maximum Gasteiger partial charge on any atom is 0.131 e. The first kappa shape index (κ1) is 22.9. The summed E-state index contributed by atoms with van der Waals surface area (Å²) in [6.45, 7) is 3.95. The second-order valence-electron chi connectivity index (χ2n) is 5.65. The number of hydrogen-bond acceptors (Lipinski definition) is 6. The Hall–Kier alpha value is -1.18. The number of halogens is 2. The minimum Gasteiger partial charge on any atom is -0.496 e. The normalized spacial score (nSPS) is 15.3. The van der Waals surface area contributed by atoms with Crippen molar-refractivity contribution in [1.82, 2.24) is 10.2 Å². The van der Waals surface area contributed by atoms with E-state index in [4.69, 9.17) is 14.2 Å². The zero-order valence-electron chi connectivity index (χ0n) is 15.2. The summed E-state index contributed by atoms with van der Waals surface area (Å²) < 4.78 is 16.8.